The van der Waals surface area contributed by atoms with Crippen molar-refractivity contribution in [1.29, 1.82) is 0 Å². The van der Waals surface area contributed by atoms with Gasteiger partial charge in [-0.15, -0.1) is 0 Å². The van der Waals surface area contributed by atoms with Crippen LogP contribution in [-0.2, 0) is 42.1 Å². The summed E-state index contributed by atoms with van der Waals surface area (Å²) in [6, 6.07) is 10.9. The molecule has 0 bridgehead atoms. The number of carbonyl (C=O) groups excluding carboxylic acids is 1. The van der Waals surface area contributed by atoms with Gasteiger partial charge in [-0.05, 0) is 55.1 Å². The van der Waals surface area contributed by atoms with Crippen LogP contribution in [0.3, 0.4) is 0 Å². The Bertz CT molecular complexity index is 1930. The molecule has 5 rings (SSSR count). The number of aryl methyl sites for hydroxylation is 1. The van der Waals surface area contributed by atoms with Crippen molar-refractivity contribution in [2.45, 2.75) is 31.6 Å². The molecule has 2 heterocycles. The highest BCUT2D eigenvalue weighted by Gasteiger charge is 2.38. The molecule has 1 aromatic heterocycles. The largest absolute Gasteiger partial charge is 0.480 e. The number of aliphatic carboxylic acids is 1. The predicted molar refractivity (Wildman–Crippen MR) is 173 cm³/mol. The molecule has 260 valence electrons. The monoisotopic (exact) mass is 686 g/mol. The number of aromatic nitrogens is 1. The van der Waals surface area contributed by atoms with E-state index in [9.17, 15) is 41.4 Å². The molecule has 9 nitrogen and oxygen atoms in total. The first-order valence-corrected chi connectivity index (χ1v) is 15.4. The standard InChI is InChI=1S/C35H35F5N4O5/c1-42(2)19-22-7-8-29-24(15-22)31(35(38,39)40)25(33(46)43(29)3)14-20-5-4-6-21(13-20)16-28(34(47)48)41-32(45)30-26(36)17-23(18-27(30)37)44-9-11-49-12-10-44/h4-8,13,15,17-18,28H,9-12,14,16,19H2,1-3H3,(H,41,45)(H,47,48). The Labute approximate surface area is 278 Å². The average Bonchev–Trinajstić information content (AvgIpc) is 3.02. The number of carbonyl (C=O) groups is 2. The van der Waals surface area contributed by atoms with Crippen molar-refractivity contribution in [2.24, 2.45) is 7.05 Å². The summed E-state index contributed by atoms with van der Waals surface area (Å²) in [7, 11) is 4.97. The maximum Gasteiger partial charge on any atom is 0.417 e. The molecule has 49 heavy (non-hydrogen) atoms. The van der Waals surface area contributed by atoms with Crippen LogP contribution in [0.4, 0.5) is 27.6 Å². The summed E-state index contributed by atoms with van der Waals surface area (Å²) in [6.45, 7) is 1.92. The van der Waals surface area contributed by atoms with Gasteiger partial charge in [-0.1, -0.05) is 30.3 Å². The van der Waals surface area contributed by atoms with Gasteiger partial charge >= 0.3 is 12.1 Å². The van der Waals surface area contributed by atoms with Gasteiger partial charge in [0.05, 0.1) is 24.3 Å². The van der Waals surface area contributed by atoms with Gasteiger partial charge in [0.1, 0.15) is 23.2 Å². The van der Waals surface area contributed by atoms with Crippen molar-refractivity contribution in [1.82, 2.24) is 14.8 Å². The van der Waals surface area contributed by atoms with Crippen LogP contribution in [0.25, 0.3) is 10.9 Å². The quantitative estimate of drug-likeness (QED) is 0.232. The second-order valence-corrected chi connectivity index (χ2v) is 12.3. The Morgan fingerprint density at radius 2 is 1.63 bits per heavy atom. The Kier molecular flexibility index (Phi) is 10.4. The number of morpholine rings is 1. The molecule has 1 unspecified atom stereocenters. The molecule has 1 fully saturated rings. The summed E-state index contributed by atoms with van der Waals surface area (Å²) >= 11 is 0. The molecule has 0 spiro atoms. The number of fused-ring (bicyclic) bond motifs is 1. The molecule has 1 atom stereocenters. The summed E-state index contributed by atoms with van der Waals surface area (Å²) in [5, 5.41) is 11.9. The molecule has 1 amide bonds. The zero-order valence-electron chi connectivity index (χ0n) is 27.0. The zero-order chi connectivity index (χ0) is 35.6. The number of nitrogens with zero attached hydrogens (tertiary/aromatic N) is 3. The lowest BCUT2D eigenvalue weighted by atomic mass is 9.94. The van der Waals surface area contributed by atoms with Gasteiger partial charge in [0.25, 0.3) is 11.5 Å². The summed E-state index contributed by atoms with van der Waals surface area (Å²) in [5.74, 6) is -5.12. The number of rotatable bonds is 10. The lowest BCUT2D eigenvalue weighted by Gasteiger charge is -2.29. The van der Waals surface area contributed by atoms with Crippen LogP contribution in [0, 0.1) is 11.6 Å². The fraction of sp³-hybridized carbons (Fsp3) is 0.343. The Balaban J connectivity index is 1.42. The van der Waals surface area contributed by atoms with Gasteiger partial charge in [0.2, 0.25) is 0 Å². The highest BCUT2D eigenvalue weighted by molar-refractivity contribution is 5.97. The molecule has 1 aliphatic heterocycles. The number of alkyl halides is 3. The minimum absolute atomic E-state index is 0.119. The number of carboxylic acids is 1. The first kappa shape index (κ1) is 35.5. The third-order valence-corrected chi connectivity index (χ3v) is 8.38. The maximum absolute atomic E-state index is 15.0. The number of anilines is 1. The number of amides is 1. The fourth-order valence-electron chi connectivity index (χ4n) is 6.13. The van der Waals surface area contributed by atoms with E-state index in [0.29, 0.717) is 44.0 Å². The van der Waals surface area contributed by atoms with Gasteiger partial charge in [0.15, 0.2) is 0 Å². The predicted octanol–water partition coefficient (Wildman–Crippen LogP) is 4.75. The molecule has 1 aliphatic rings. The van der Waals surface area contributed by atoms with Crippen LogP contribution in [-0.4, -0.2) is 72.9 Å². The zero-order valence-corrected chi connectivity index (χ0v) is 27.0. The molecule has 0 saturated carbocycles. The van der Waals surface area contributed by atoms with Gasteiger partial charge in [-0.3, -0.25) is 9.59 Å². The second-order valence-electron chi connectivity index (χ2n) is 12.3. The van der Waals surface area contributed by atoms with Crippen molar-refractivity contribution in [3.05, 3.63) is 110 Å². The maximum atomic E-state index is 15.0. The summed E-state index contributed by atoms with van der Waals surface area (Å²) in [5.41, 5.74) is -1.74. The first-order chi connectivity index (χ1) is 23.1. The number of benzene rings is 3. The SMILES string of the molecule is CN(C)Cc1ccc2c(c1)c(C(F)(F)F)c(Cc1cccc(CC(NC(=O)c3c(F)cc(N4CCOCC4)cc3F)C(=O)O)c1)c(=O)n2C. The minimum Gasteiger partial charge on any atom is -0.480 e. The van der Waals surface area contributed by atoms with E-state index in [-0.39, 0.29) is 28.6 Å². The van der Waals surface area contributed by atoms with Gasteiger partial charge in [-0.2, -0.15) is 13.2 Å². The molecular weight excluding hydrogens is 651 g/mol. The number of carboxylic acid groups (broad SMARTS) is 1. The summed E-state index contributed by atoms with van der Waals surface area (Å²) in [6.07, 6.45) is -5.64. The number of ether oxygens (including phenoxy) is 1. The number of nitrogens with one attached hydrogen (secondary N) is 1. The van der Waals surface area contributed by atoms with E-state index < -0.39 is 64.4 Å². The molecular formula is C35H35F5N4O5. The fourth-order valence-corrected chi connectivity index (χ4v) is 6.13. The van der Waals surface area contributed by atoms with Gasteiger partial charge in [-0.25, -0.2) is 13.6 Å². The molecule has 2 N–H and O–H groups in total. The average molecular weight is 687 g/mol. The van der Waals surface area contributed by atoms with E-state index in [0.717, 1.165) is 12.1 Å². The van der Waals surface area contributed by atoms with E-state index in [2.05, 4.69) is 5.32 Å². The first-order valence-electron chi connectivity index (χ1n) is 15.4. The van der Waals surface area contributed by atoms with Crippen molar-refractivity contribution in [3.63, 3.8) is 0 Å². The lowest BCUT2D eigenvalue weighted by Crippen LogP contribution is -2.43. The molecule has 1 saturated heterocycles. The minimum atomic E-state index is -4.86. The third-order valence-electron chi connectivity index (χ3n) is 8.38. The normalized spacial score (nSPS) is 14.3. The topological polar surface area (TPSA) is 104 Å². The Morgan fingerprint density at radius 3 is 2.24 bits per heavy atom. The summed E-state index contributed by atoms with van der Waals surface area (Å²) in [4.78, 5) is 41.9. The van der Waals surface area contributed by atoms with Crippen molar-refractivity contribution in [3.8, 4) is 0 Å². The van der Waals surface area contributed by atoms with Crippen LogP contribution in [0.15, 0.2) is 59.4 Å². The molecule has 0 aliphatic carbocycles. The second kappa shape index (κ2) is 14.3. The number of pyridine rings is 1. The number of hydrogen-bond acceptors (Lipinski definition) is 6. The number of halogens is 5. The Morgan fingerprint density at radius 1 is 0.980 bits per heavy atom. The molecule has 4 aromatic rings. The van der Waals surface area contributed by atoms with E-state index >= 15 is 0 Å². The van der Waals surface area contributed by atoms with Crippen LogP contribution in [0.5, 0.6) is 0 Å². The molecule has 0 radical (unpaired) electrons. The third kappa shape index (κ3) is 7.92. The van der Waals surface area contributed by atoms with Crippen LogP contribution in [0.2, 0.25) is 0 Å². The van der Waals surface area contributed by atoms with Gasteiger partial charge < -0.3 is 29.5 Å². The lowest BCUT2D eigenvalue weighted by molar-refractivity contribution is -0.139. The van der Waals surface area contributed by atoms with Crippen LogP contribution in [0.1, 0.15) is 38.2 Å². The highest BCUT2D eigenvalue weighted by atomic mass is 19.4. The highest BCUT2D eigenvalue weighted by Crippen LogP contribution is 2.37. The summed E-state index contributed by atoms with van der Waals surface area (Å²) < 4.78 is 80.3. The van der Waals surface area contributed by atoms with E-state index in [1.54, 1.807) is 25.1 Å². The van der Waals surface area contributed by atoms with Crippen LogP contribution < -0.4 is 15.8 Å². The molecule has 14 heteroatoms. The Hall–Kier alpha value is -4.82. The van der Waals surface area contributed by atoms with E-state index in [4.69, 9.17) is 4.74 Å². The van der Waals surface area contributed by atoms with E-state index in [1.165, 1.54) is 48.0 Å². The van der Waals surface area contributed by atoms with Crippen molar-refractivity contribution in [2.75, 3.05) is 45.3 Å². The number of hydrogen-bond donors (Lipinski definition) is 2. The van der Waals surface area contributed by atoms with Crippen molar-refractivity contribution >= 4 is 28.5 Å². The smallest absolute Gasteiger partial charge is 0.417 e. The molecule has 3 aromatic carbocycles. The van der Waals surface area contributed by atoms with E-state index in [1.807, 2.05) is 4.90 Å². The van der Waals surface area contributed by atoms with Crippen LogP contribution >= 0.6 is 0 Å². The van der Waals surface area contributed by atoms with Crippen molar-refractivity contribution < 1.29 is 41.4 Å². The van der Waals surface area contributed by atoms with Gasteiger partial charge in [0, 0.05) is 56.2 Å².